The van der Waals surface area contributed by atoms with Gasteiger partial charge in [0, 0.05) is 61.2 Å². The third-order valence-corrected chi connectivity index (χ3v) is 8.06. The SMILES string of the molecule is CS(=O)(Cc1cc2nc(c1)OCCCOc1cc(F)ccc1-c1cc(ncc1F)N2)=NC(=O)NCCNC(=O)CN1C(=O)C=CC1=O. The van der Waals surface area contributed by atoms with Gasteiger partial charge < -0.3 is 25.4 Å². The summed E-state index contributed by atoms with van der Waals surface area (Å²) in [5, 5.41) is 7.88. The number of amides is 5. The molecule has 3 aromatic rings. The van der Waals surface area contributed by atoms with Gasteiger partial charge in [-0.2, -0.15) is 4.98 Å². The molecule has 1 unspecified atom stereocenters. The number of carbonyl (C=O) groups is 4. The van der Waals surface area contributed by atoms with E-state index in [-0.39, 0.29) is 60.9 Å². The van der Waals surface area contributed by atoms with Gasteiger partial charge in [0.25, 0.3) is 11.8 Å². The Hall–Kier alpha value is -5.45. The van der Waals surface area contributed by atoms with Crippen LogP contribution in [0.15, 0.2) is 59.1 Å². The lowest BCUT2D eigenvalue weighted by Crippen LogP contribution is -2.42. The summed E-state index contributed by atoms with van der Waals surface area (Å²) in [4.78, 5) is 56.8. The van der Waals surface area contributed by atoms with Gasteiger partial charge >= 0.3 is 6.03 Å². The molecule has 0 aliphatic carbocycles. The molecule has 14 nitrogen and oxygen atoms in total. The first kappa shape index (κ1) is 32.9. The fourth-order valence-corrected chi connectivity index (χ4v) is 5.85. The minimum absolute atomic E-state index is 0.0264. The highest BCUT2D eigenvalue weighted by Crippen LogP contribution is 2.34. The van der Waals surface area contributed by atoms with Crippen molar-refractivity contribution in [1.82, 2.24) is 25.5 Å². The number of carbonyl (C=O) groups excluding carboxylic acids is 4. The fourth-order valence-electron chi connectivity index (χ4n) is 4.59. The zero-order chi connectivity index (χ0) is 33.6. The summed E-state index contributed by atoms with van der Waals surface area (Å²) in [5.41, 5.74) is 0.911. The van der Waals surface area contributed by atoms with Crippen LogP contribution in [0, 0.1) is 11.6 Å². The average molecular weight is 670 g/mol. The van der Waals surface area contributed by atoms with Crippen molar-refractivity contribution < 1.29 is 41.6 Å². The largest absolute Gasteiger partial charge is 0.493 e. The number of rotatable bonds is 7. The van der Waals surface area contributed by atoms with Crippen LogP contribution < -0.4 is 25.4 Å². The third kappa shape index (κ3) is 8.84. The molecule has 1 aromatic carbocycles. The molecule has 0 fully saturated rings. The molecule has 5 amide bonds. The Labute approximate surface area is 267 Å². The molecule has 246 valence electrons. The van der Waals surface area contributed by atoms with Gasteiger partial charge in [0.15, 0.2) is 0 Å². The van der Waals surface area contributed by atoms with E-state index in [2.05, 4.69) is 30.3 Å². The summed E-state index contributed by atoms with van der Waals surface area (Å²) < 4.78 is 57.5. The van der Waals surface area contributed by atoms with E-state index in [9.17, 15) is 32.2 Å². The second kappa shape index (κ2) is 14.3. The van der Waals surface area contributed by atoms with E-state index in [1.807, 2.05) is 0 Å². The van der Waals surface area contributed by atoms with Gasteiger partial charge in [-0.15, -0.1) is 4.36 Å². The van der Waals surface area contributed by atoms with Crippen LogP contribution in [0.5, 0.6) is 11.6 Å². The quantitative estimate of drug-likeness (QED) is 0.250. The number of nitrogens with zero attached hydrogens (tertiary/aromatic N) is 4. The van der Waals surface area contributed by atoms with E-state index in [1.54, 1.807) is 12.1 Å². The number of fused-ring (bicyclic) bond motifs is 6. The summed E-state index contributed by atoms with van der Waals surface area (Å²) in [6.07, 6.45) is 4.82. The van der Waals surface area contributed by atoms with Crippen molar-refractivity contribution in [1.29, 1.82) is 0 Å². The van der Waals surface area contributed by atoms with Crippen molar-refractivity contribution in [2.24, 2.45) is 4.36 Å². The second-order valence-corrected chi connectivity index (χ2v) is 12.8. The van der Waals surface area contributed by atoms with Crippen molar-refractivity contribution in [3.8, 4) is 22.8 Å². The van der Waals surface area contributed by atoms with E-state index in [0.717, 1.165) is 23.2 Å². The maximum atomic E-state index is 14.9. The molecule has 2 aliphatic rings. The van der Waals surface area contributed by atoms with Crippen LogP contribution in [-0.4, -0.2) is 81.9 Å². The molecule has 1 atom stereocenters. The van der Waals surface area contributed by atoms with E-state index < -0.39 is 51.7 Å². The van der Waals surface area contributed by atoms with Crippen molar-refractivity contribution in [2.45, 2.75) is 12.2 Å². The highest BCUT2D eigenvalue weighted by atomic mass is 32.2. The van der Waals surface area contributed by atoms with Gasteiger partial charge in [-0.25, -0.2) is 22.8 Å². The van der Waals surface area contributed by atoms with Gasteiger partial charge in [-0.05, 0) is 29.8 Å². The predicted molar refractivity (Wildman–Crippen MR) is 165 cm³/mol. The zero-order valence-electron chi connectivity index (χ0n) is 25.0. The number of pyridine rings is 2. The molecular formula is C30H29F2N7O7S. The normalized spacial score (nSPS) is 15.3. The topological polar surface area (TPSA) is 181 Å². The lowest BCUT2D eigenvalue weighted by Gasteiger charge is -2.16. The first-order chi connectivity index (χ1) is 22.5. The number of hydrogen-bond acceptors (Lipinski definition) is 10. The van der Waals surface area contributed by atoms with Crippen LogP contribution >= 0.6 is 0 Å². The highest BCUT2D eigenvalue weighted by molar-refractivity contribution is 7.92. The van der Waals surface area contributed by atoms with Crippen LogP contribution in [0.1, 0.15) is 12.0 Å². The molecule has 2 aromatic heterocycles. The summed E-state index contributed by atoms with van der Waals surface area (Å²) in [6, 6.07) is 7.45. The minimum Gasteiger partial charge on any atom is -0.493 e. The molecule has 5 rings (SSSR count). The standard InChI is InChI=1S/C30H29F2N7O7S/c1-47(44,38-30(43)34-8-7-33-26(40)16-39-28(41)5-6-29(39)42)17-18-11-25-36-24-14-21(22(32)15-35-24)20-4-3-19(31)13-23(20)45-9-2-10-46-27(12-18)37-25/h3-6,11-15H,2,7-10,16-17H2,1H3,(H,33,40)(H,34,43)(H,35,36,37). The maximum absolute atomic E-state index is 14.9. The first-order valence-electron chi connectivity index (χ1n) is 14.2. The van der Waals surface area contributed by atoms with E-state index >= 15 is 0 Å². The Morgan fingerprint density at radius 3 is 2.53 bits per heavy atom. The fraction of sp³-hybridized carbons (Fsp3) is 0.267. The third-order valence-electron chi connectivity index (χ3n) is 6.64. The number of hydrogen-bond donors (Lipinski definition) is 3. The summed E-state index contributed by atoms with van der Waals surface area (Å²) in [5.74, 6) is -2.36. The maximum Gasteiger partial charge on any atom is 0.349 e. The molecule has 2 aliphatic heterocycles. The number of imide groups is 1. The molecule has 47 heavy (non-hydrogen) atoms. The Morgan fingerprint density at radius 2 is 1.74 bits per heavy atom. The number of aromatic nitrogens is 2. The van der Waals surface area contributed by atoms with Gasteiger partial charge in [0.05, 0.1) is 34.9 Å². The van der Waals surface area contributed by atoms with Crippen LogP contribution in [0.4, 0.5) is 25.2 Å². The smallest absolute Gasteiger partial charge is 0.349 e. The molecule has 0 saturated heterocycles. The first-order valence-corrected chi connectivity index (χ1v) is 16.3. The van der Waals surface area contributed by atoms with Crippen molar-refractivity contribution in [3.63, 3.8) is 0 Å². The van der Waals surface area contributed by atoms with Crippen molar-refractivity contribution >= 4 is 45.1 Å². The van der Waals surface area contributed by atoms with Crippen molar-refractivity contribution in [2.75, 3.05) is 44.4 Å². The number of anilines is 2. The number of urea groups is 1. The van der Waals surface area contributed by atoms with E-state index in [0.29, 0.717) is 17.5 Å². The van der Waals surface area contributed by atoms with Crippen molar-refractivity contribution in [3.05, 3.63) is 71.9 Å². The number of halogens is 2. The van der Waals surface area contributed by atoms with Gasteiger partial charge in [-0.1, -0.05) is 0 Å². The Bertz CT molecular complexity index is 1880. The van der Waals surface area contributed by atoms with Gasteiger partial charge in [0.2, 0.25) is 11.8 Å². The molecule has 4 heterocycles. The van der Waals surface area contributed by atoms with E-state index in [1.165, 1.54) is 30.5 Å². The molecular weight excluding hydrogens is 640 g/mol. The van der Waals surface area contributed by atoms with Crippen LogP contribution in [0.25, 0.3) is 11.1 Å². The number of ether oxygens (including phenoxy) is 2. The molecule has 17 heteroatoms. The number of benzene rings is 1. The zero-order valence-corrected chi connectivity index (χ0v) is 25.8. The van der Waals surface area contributed by atoms with Crippen LogP contribution in [-0.2, 0) is 29.9 Å². The van der Waals surface area contributed by atoms with Crippen LogP contribution in [0.3, 0.4) is 0 Å². The molecule has 4 bridgehead atoms. The predicted octanol–water partition coefficient (Wildman–Crippen LogP) is 2.68. The highest BCUT2D eigenvalue weighted by Gasteiger charge is 2.25. The lowest BCUT2D eigenvalue weighted by molar-refractivity contribution is -0.141. The van der Waals surface area contributed by atoms with Gasteiger partial charge in [-0.3, -0.25) is 19.3 Å². The Morgan fingerprint density at radius 1 is 1.00 bits per heavy atom. The minimum atomic E-state index is -3.13. The molecule has 0 saturated carbocycles. The summed E-state index contributed by atoms with van der Waals surface area (Å²) in [6.45, 7) is -0.245. The van der Waals surface area contributed by atoms with Gasteiger partial charge in [0.1, 0.15) is 35.6 Å². The summed E-state index contributed by atoms with van der Waals surface area (Å²) in [7, 11) is -3.13. The average Bonchev–Trinajstić information content (AvgIpc) is 3.31. The Balaban J connectivity index is 1.26. The van der Waals surface area contributed by atoms with E-state index in [4.69, 9.17) is 9.47 Å². The molecule has 0 radical (unpaired) electrons. The molecule has 0 spiro atoms. The number of nitrogens with one attached hydrogen (secondary N) is 3. The molecule has 3 N–H and O–H groups in total. The summed E-state index contributed by atoms with van der Waals surface area (Å²) >= 11 is 0. The monoisotopic (exact) mass is 669 g/mol. The second-order valence-electron chi connectivity index (χ2n) is 10.4. The van der Waals surface area contributed by atoms with Crippen LogP contribution in [0.2, 0.25) is 0 Å². The Kier molecular flexibility index (Phi) is 10.0. The lowest BCUT2D eigenvalue weighted by atomic mass is 10.0.